The Labute approximate surface area is 152 Å². The number of rotatable bonds is 5. The molecule has 0 saturated heterocycles. The van der Waals surface area contributed by atoms with Gasteiger partial charge in [0.05, 0.1) is 11.6 Å². The Morgan fingerprint density at radius 3 is 2.69 bits per heavy atom. The first-order chi connectivity index (χ1) is 12.8. The predicted molar refractivity (Wildman–Crippen MR) is 101 cm³/mol. The second kappa shape index (κ2) is 6.59. The van der Waals surface area contributed by atoms with Crippen LogP contribution in [0, 0.1) is 0 Å². The normalized spacial score (nSPS) is 18.2. The van der Waals surface area contributed by atoms with Gasteiger partial charge in [-0.2, -0.15) is 10.1 Å². The van der Waals surface area contributed by atoms with Crippen molar-refractivity contribution in [2.45, 2.75) is 57.1 Å². The molecule has 2 heterocycles. The molecular weight excluding hydrogens is 326 g/mol. The van der Waals surface area contributed by atoms with Crippen molar-refractivity contribution in [3.8, 4) is 11.7 Å². The monoisotopic (exact) mass is 349 g/mol. The highest BCUT2D eigenvalue weighted by molar-refractivity contribution is 5.91. The zero-order valence-electron chi connectivity index (χ0n) is 14.8. The SMILES string of the molecule is c1cnn(-c2nc(NC3CC3)c3cc(OC4CCCCC4)ccc3n2)c1. The van der Waals surface area contributed by atoms with Gasteiger partial charge in [-0.3, -0.25) is 0 Å². The molecule has 0 radical (unpaired) electrons. The van der Waals surface area contributed by atoms with Crippen LogP contribution in [0.1, 0.15) is 44.9 Å². The number of anilines is 1. The standard InChI is InChI=1S/C20H23N5O/c1-2-5-15(6-3-1)26-16-9-10-18-17(13-16)19(22-14-7-8-14)24-20(23-18)25-12-4-11-21-25/h4,9-15H,1-3,5-8H2,(H,22,23,24). The average Bonchev–Trinajstić information content (AvgIpc) is 3.31. The van der Waals surface area contributed by atoms with E-state index in [0.717, 1.165) is 35.3 Å². The lowest BCUT2D eigenvalue weighted by Crippen LogP contribution is -2.19. The quantitative estimate of drug-likeness (QED) is 0.751. The van der Waals surface area contributed by atoms with Crippen LogP contribution in [0.4, 0.5) is 5.82 Å². The zero-order valence-corrected chi connectivity index (χ0v) is 14.8. The minimum atomic E-state index is 0.338. The van der Waals surface area contributed by atoms with Crippen molar-refractivity contribution in [1.82, 2.24) is 19.7 Å². The van der Waals surface area contributed by atoms with Gasteiger partial charge in [-0.05, 0) is 62.8 Å². The minimum Gasteiger partial charge on any atom is -0.490 e. The third-order valence-corrected chi connectivity index (χ3v) is 5.14. The van der Waals surface area contributed by atoms with Crippen molar-refractivity contribution < 1.29 is 4.74 Å². The first-order valence-corrected chi connectivity index (χ1v) is 9.60. The molecule has 2 aliphatic rings. The maximum atomic E-state index is 6.24. The number of benzene rings is 1. The van der Waals surface area contributed by atoms with Gasteiger partial charge in [-0.25, -0.2) is 9.67 Å². The molecule has 134 valence electrons. The van der Waals surface area contributed by atoms with Crippen LogP contribution in [-0.2, 0) is 0 Å². The summed E-state index contributed by atoms with van der Waals surface area (Å²) < 4.78 is 7.94. The molecule has 2 saturated carbocycles. The molecule has 0 aliphatic heterocycles. The highest BCUT2D eigenvalue weighted by atomic mass is 16.5. The first kappa shape index (κ1) is 15.6. The second-order valence-electron chi connectivity index (χ2n) is 7.30. The molecule has 3 aromatic rings. The van der Waals surface area contributed by atoms with Crippen molar-refractivity contribution in [2.75, 3.05) is 5.32 Å². The maximum absolute atomic E-state index is 6.24. The van der Waals surface area contributed by atoms with Gasteiger partial charge in [0, 0.05) is 23.8 Å². The molecule has 2 aliphatic carbocycles. The first-order valence-electron chi connectivity index (χ1n) is 9.60. The summed E-state index contributed by atoms with van der Waals surface area (Å²) in [6.45, 7) is 0. The van der Waals surface area contributed by atoms with Gasteiger partial charge in [-0.15, -0.1) is 0 Å². The van der Waals surface area contributed by atoms with Crippen LogP contribution >= 0.6 is 0 Å². The molecule has 6 nitrogen and oxygen atoms in total. The molecule has 0 unspecified atom stereocenters. The molecule has 26 heavy (non-hydrogen) atoms. The molecule has 2 aromatic heterocycles. The van der Waals surface area contributed by atoms with Crippen LogP contribution in [-0.4, -0.2) is 31.9 Å². The summed E-state index contributed by atoms with van der Waals surface area (Å²) >= 11 is 0. The fourth-order valence-corrected chi connectivity index (χ4v) is 3.56. The lowest BCUT2D eigenvalue weighted by Gasteiger charge is -2.23. The van der Waals surface area contributed by atoms with Crippen molar-refractivity contribution in [3.63, 3.8) is 0 Å². The minimum absolute atomic E-state index is 0.338. The number of hydrogen-bond donors (Lipinski definition) is 1. The fraction of sp³-hybridized carbons (Fsp3) is 0.450. The third kappa shape index (κ3) is 3.23. The van der Waals surface area contributed by atoms with Gasteiger partial charge in [0.25, 0.3) is 5.95 Å². The Hall–Kier alpha value is -2.63. The van der Waals surface area contributed by atoms with Crippen molar-refractivity contribution in [2.24, 2.45) is 0 Å². The Morgan fingerprint density at radius 1 is 1.04 bits per heavy atom. The van der Waals surface area contributed by atoms with E-state index in [-0.39, 0.29) is 0 Å². The Balaban J connectivity index is 1.51. The van der Waals surface area contributed by atoms with Crippen LogP contribution < -0.4 is 10.1 Å². The summed E-state index contributed by atoms with van der Waals surface area (Å²) in [5.41, 5.74) is 0.907. The molecule has 1 aromatic carbocycles. The Morgan fingerprint density at radius 2 is 1.92 bits per heavy atom. The highest BCUT2D eigenvalue weighted by Gasteiger charge is 2.23. The highest BCUT2D eigenvalue weighted by Crippen LogP contribution is 2.32. The van der Waals surface area contributed by atoms with Gasteiger partial charge in [-0.1, -0.05) is 6.42 Å². The van der Waals surface area contributed by atoms with E-state index in [9.17, 15) is 0 Å². The Kier molecular flexibility index (Phi) is 3.96. The van der Waals surface area contributed by atoms with Gasteiger partial charge in [0.2, 0.25) is 0 Å². The molecule has 5 rings (SSSR count). The summed E-state index contributed by atoms with van der Waals surface area (Å²) in [6, 6.07) is 8.53. The average molecular weight is 349 g/mol. The summed E-state index contributed by atoms with van der Waals surface area (Å²) in [4.78, 5) is 9.42. The second-order valence-corrected chi connectivity index (χ2v) is 7.30. The molecule has 0 atom stereocenters. The number of aromatic nitrogens is 4. The van der Waals surface area contributed by atoms with E-state index >= 15 is 0 Å². The van der Waals surface area contributed by atoms with Crippen LogP contribution in [0.2, 0.25) is 0 Å². The van der Waals surface area contributed by atoms with Crippen LogP contribution in [0.15, 0.2) is 36.7 Å². The van der Waals surface area contributed by atoms with E-state index in [2.05, 4.69) is 21.5 Å². The summed E-state index contributed by atoms with van der Waals surface area (Å²) in [6.07, 6.45) is 12.5. The van der Waals surface area contributed by atoms with E-state index in [1.54, 1.807) is 10.9 Å². The van der Waals surface area contributed by atoms with Gasteiger partial charge in [0.1, 0.15) is 11.6 Å². The lowest BCUT2D eigenvalue weighted by atomic mass is 9.98. The van der Waals surface area contributed by atoms with E-state index in [1.807, 2.05) is 24.4 Å². The summed E-state index contributed by atoms with van der Waals surface area (Å²) in [5.74, 6) is 2.38. The number of nitrogens with zero attached hydrogens (tertiary/aromatic N) is 4. The number of ether oxygens (including phenoxy) is 1. The third-order valence-electron chi connectivity index (χ3n) is 5.14. The van der Waals surface area contributed by atoms with Crippen molar-refractivity contribution >= 4 is 16.7 Å². The zero-order chi connectivity index (χ0) is 17.3. The van der Waals surface area contributed by atoms with Crippen molar-refractivity contribution in [1.29, 1.82) is 0 Å². The Bertz CT molecular complexity index is 898. The van der Waals surface area contributed by atoms with E-state index in [1.165, 1.54) is 32.1 Å². The molecule has 1 N–H and O–H groups in total. The molecule has 6 heteroatoms. The van der Waals surface area contributed by atoms with Gasteiger partial charge < -0.3 is 10.1 Å². The molecule has 0 spiro atoms. The van der Waals surface area contributed by atoms with E-state index in [4.69, 9.17) is 9.72 Å². The number of nitrogens with one attached hydrogen (secondary N) is 1. The molecular formula is C20H23N5O. The molecule has 0 amide bonds. The number of fused-ring (bicyclic) bond motifs is 1. The largest absolute Gasteiger partial charge is 0.490 e. The van der Waals surface area contributed by atoms with E-state index < -0.39 is 0 Å². The smallest absolute Gasteiger partial charge is 0.253 e. The lowest BCUT2D eigenvalue weighted by molar-refractivity contribution is 0.155. The van der Waals surface area contributed by atoms with Crippen LogP contribution in [0.25, 0.3) is 16.9 Å². The molecule has 2 fully saturated rings. The number of hydrogen-bond acceptors (Lipinski definition) is 5. The van der Waals surface area contributed by atoms with Crippen LogP contribution in [0.3, 0.4) is 0 Å². The molecule has 0 bridgehead atoms. The van der Waals surface area contributed by atoms with E-state index in [0.29, 0.717) is 18.1 Å². The van der Waals surface area contributed by atoms with Crippen LogP contribution in [0.5, 0.6) is 5.75 Å². The topological polar surface area (TPSA) is 64.9 Å². The summed E-state index contributed by atoms with van der Waals surface area (Å²) in [5, 5.41) is 8.82. The van der Waals surface area contributed by atoms with Gasteiger partial charge >= 0.3 is 0 Å². The maximum Gasteiger partial charge on any atom is 0.253 e. The summed E-state index contributed by atoms with van der Waals surface area (Å²) in [7, 11) is 0. The fourth-order valence-electron chi connectivity index (χ4n) is 3.56. The predicted octanol–water partition coefficient (Wildman–Crippen LogP) is 4.10. The van der Waals surface area contributed by atoms with Gasteiger partial charge in [0.15, 0.2) is 0 Å². The van der Waals surface area contributed by atoms with Crippen molar-refractivity contribution in [3.05, 3.63) is 36.7 Å².